The van der Waals surface area contributed by atoms with Crippen molar-refractivity contribution >= 4 is 31.0 Å². The van der Waals surface area contributed by atoms with Gasteiger partial charge in [-0.3, -0.25) is 4.90 Å². The fraction of sp³-hybridized carbons (Fsp3) is 0.750. The van der Waals surface area contributed by atoms with E-state index in [0.717, 1.165) is 0 Å². The SMILES string of the molecule is CSC(=NB(C)O)NB(C)O. The lowest BCUT2D eigenvalue weighted by atomic mass is 9.88. The molecule has 62 valence electrons. The predicted octanol–water partition coefficient (Wildman–Crippen LogP) is -0.484. The van der Waals surface area contributed by atoms with Crippen LogP contribution in [0.15, 0.2) is 4.90 Å². The van der Waals surface area contributed by atoms with Gasteiger partial charge < -0.3 is 15.3 Å². The van der Waals surface area contributed by atoms with Gasteiger partial charge in [-0.05, 0) is 19.9 Å². The highest BCUT2D eigenvalue weighted by molar-refractivity contribution is 8.13. The van der Waals surface area contributed by atoms with Gasteiger partial charge >= 0.3 is 14.1 Å². The molecule has 0 saturated carbocycles. The van der Waals surface area contributed by atoms with E-state index in [0.29, 0.717) is 5.17 Å². The third-order valence-corrected chi connectivity index (χ3v) is 1.44. The van der Waals surface area contributed by atoms with Crippen molar-refractivity contribution in [2.45, 2.75) is 13.6 Å². The van der Waals surface area contributed by atoms with Gasteiger partial charge in [-0.1, -0.05) is 11.8 Å². The van der Waals surface area contributed by atoms with Crippen molar-refractivity contribution in [1.82, 2.24) is 5.23 Å². The fourth-order valence-electron chi connectivity index (χ4n) is 0.497. The van der Waals surface area contributed by atoms with E-state index in [4.69, 9.17) is 10.0 Å². The van der Waals surface area contributed by atoms with Gasteiger partial charge in [0, 0.05) is 0 Å². The third-order valence-electron chi connectivity index (χ3n) is 0.830. The minimum absolute atomic E-state index is 0.537. The molecule has 0 aromatic heterocycles. The molecule has 0 aromatic rings. The topological polar surface area (TPSA) is 64.9 Å². The lowest BCUT2D eigenvalue weighted by Crippen LogP contribution is -2.35. The number of hydrogen-bond donors (Lipinski definition) is 3. The zero-order valence-electron chi connectivity index (χ0n) is 6.90. The van der Waals surface area contributed by atoms with Crippen LogP contribution in [0.3, 0.4) is 0 Å². The molecule has 0 radical (unpaired) electrons. The molecule has 0 aliphatic rings. The molecule has 7 heteroatoms. The van der Waals surface area contributed by atoms with Gasteiger partial charge in [0.15, 0.2) is 0 Å². The van der Waals surface area contributed by atoms with Crippen LogP contribution in [0, 0.1) is 0 Å². The first kappa shape index (κ1) is 10.9. The Labute approximate surface area is 71.8 Å². The van der Waals surface area contributed by atoms with Crippen molar-refractivity contribution in [2.24, 2.45) is 4.90 Å². The molecule has 11 heavy (non-hydrogen) atoms. The number of thioether (sulfide) groups is 1. The Morgan fingerprint density at radius 3 is 2.27 bits per heavy atom. The molecule has 0 heterocycles. The molecular weight excluding hydrogens is 162 g/mol. The Morgan fingerprint density at radius 1 is 1.45 bits per heavy atom. The van der Waals surface area contributed by atoms with Gasteiger partial charge in [-0.15, -0.1) is 0 Å². The van der Waals surface area contributed by atoms with Gasteiger partial charge in [-0.2, -0.15) is 0 Å². The molecular formula is C4H12B2N2O2S. The van der Waals surface area contributed by atoms with E-state index in [1.807, 2.05) is 6.26 Å². The van der Waals surface area contributed by atoms with Crippen LogP contribution in [0.5, 0.6) is 0 Å². The maximum absolute atomic E-state index is 8.88. The molecule has 4 nitrogen and oxygen atoms in total. The largest absolute Gasteiger partial charge is 0.433 e. The lowest BCUT2D eigenvalue weighted by Gasteiger charge is -2.06. The second-order valence-electron chi connectivity index (χ2n) is 2.09. The average molecular weight is 174 g/mol. The van der Waals surface area contributed by atoms with E-state index >= 15 is 0 Å². The Morgan fingerprint density at radius 2 is 2.00 bits per heavy atom. The maximum Gasteiger partial charge on any atom is 0.430 e. The van der Waals surface area contributed by atoms with E-state index in [1.165, 1.54) is 11.8 Å². The van der Waals surface area contributed by atoms with Crippen molar-refractivity contribution < 1.29 is 10.0 Å². The van der Waals surface area contributed by atoms with E-state index in [9.17, 15) is 0 Å². The highest BCUT2D eigenvalue weighted by Crippen LogP contribution is 1.95. The molecule has 0 aliphatic carbocycles. The van der Waals surface area contributed by atoms with Crippen LogP contribution in [-0.2, 0) is 0 Å². The van der Waals surface area contributed by atoms with Crippen LogP contribution in [0.2, 0.25) is 13.6 Å². The molecule has 0 bridgehead atoms. The van der Waals surface area contributed by atoms with Gasteiger partial charge in [0.2, 0.25) is 0 Å². The Hall–Kier alpha value is -0.130. The van der Waals surface area contributed by atoms with Crippen LogP contribution < -0.4 is 5.23 Å². The molecule has 0 atom stereocenters. The summed E-state index contributed by atoms with van der Waals surface area (Å²) in [7, 11) is -1.37. The summed E-state index contributed by atoms with van der Waals surface area (Å²) >= 11 is 1.35. The first-order valence-corrected chi connectivity index (χ1v) is 4.53. The average Bonchev–Trinajstić information content (AvgIpc) is 1.84. The summed E-state index contributed by atoms with van der Waals surface area (Å²) in [5.74, 6) is 0. The van der Waals surface area contributed by atoms with Crippen molar-refractivity contribution in [3.63, 3.8) is 0 Å². The lowest BCUT2D eigenvalue weighted by molar-refractivity contribution is 0.572. The van der Waals surface area contributed by atoms with E-state index in [-0.39, 0.29) is 0 Å². The molecule has 3 N–H and O–H groups in total. The first-order chi connectivity index (χ1) is 5.06. The van der Waals surface area contributed by atoms with Crippen molar-refractivity contribution in [3.8, 4) is 0 Å². The monoisotopic (exact) mass is 174 g/mol. The summed E-state index contributed by atoms with van der Waals surface area (Å²) < 4.78 is 0. The molecule has 0 saturated heterocycles. The highest BCUT2D eigenvalue weighted by atomic mass is 32.2. The summed E-state index contributed by atoms with van der Waals surface area (Å²) in [5, 5.41) is 20.9. The van der Waals surface area contributed by atoms with Crippen LogP contribution in [0.25, 0.3) is 0 Å². The van der Waals surface area contributed by atoms with Crippen molar-refractivity contribution in [3.05, 3.63) is 0 Å². The number of hydrogen-bond acceptors (Lipinski definition) is 4. The predicted molar refractivity (Wildman–Crippen MR) is 51.8 cm³/mol. The number of amidine groups is 1. The van der Waals surface area contributed by atoms with Crippen LogP contribution in [-0.4, -0.2) is 35.6 Å². The summed E-state index contributed by atoms with van der Waals surface area (Å²) in [4.78, 5) is 3.80. The maximum atomic E-state index is 8.88. The molecule has 0 unspecified atom stereocenters. The number of nitrogens with zero attached hydrogens (tertiary/aromatic N) is 1. The fourth-order valence-corrected chi connectivity index (χ4v) is 1.04. The zero-order chi connectivity index (χ0) is 8.85. The first-order valence-electron chi connectivity index (χ1n) is 3.30. The molecule has 0 spiro atoms. The standard InChI is InChI=1S/C4H12B2N2O2S/c1-5(9)7-4(11-3)8-6(2)10/h9-10H,1-3H3,(H,7,8). The Balaban J connectivity index is 3.94. The summed E-state index contributed by atoms with van der Waals surface area (Å²) in [5.41, 5.74) is 0. The second-order valence-corrected chi connectivity index (χ2v) is 2.89. The minimum Gasteiger partial charge on any atom is -0.433 e. The number of rotatable bonds is 2. The van der Waals surface area contributed by atoms with Gasteiger partial charge in [-0.25, -0.2) is 0 Å². The molecule has 0 aliphatic heterocycles. The molecule has 0 rings (SSSR count). The second kappa shape index (κ2) is 5.51. The zero-order valence-corrected chi connectivity index (χ0v) is 7.72. The molecule has 0 fully saturated rings. The summed E-state index contributed by atoms with van der Waals surface area (Å²) in [6.07, 6.45) is 1.82. The van der Waals surface area contributed by atoms with Crippen molar-refractivity contribution in [1.29, 1.82) is 0 Å². The van der Waals surface area contributed by atoms with Gasteiger partial charge in [0.1, 0.15) is 5.17 Å². The molecule has 0 aromatic carbocycles. The van der Waals surface area contributed by atoms with Crippen molar-refractivity contribution in [2.75, 3.05) is 6.26 Å². The highest BCUT2D eigenvalue weighted by Gasteiger charge is 2.07. The van der Waals surface area contributed by atoms with Gasteiger partial charge in [0.05, 0.1) is 0 Å². The Kier molecular flexibility index (Phi) is 5.45. The minimum atomic E-state index is -0.733. The van der Waals surface area contributed by atoms with Crippen LogP contribution in [0.1, 0.15) is 0 Å². The third kappa shape index (κ3) is 6.28. The van der Waals surface area contributed by atoms with E-state index < -0.39 is 14.1 Å². The summed E-state index contributed by atoms with van der Waals surface area (Å²) in [6, 6.07) is 0. The van der Waals surface area contributed by atoms with Gasteiger partial charge in [0.25, 0.3) is 0 Å². The normalized spacial score (nSPS) is 11.2. The van der Waals surface area contributed by atoms with Crippen LogP contribution in [0.4, 0.5) is 0 Å². The van der Waals surface area contributed by atoms with Crippen LogP contribution >= 0.6 is 11.8 Å². The Bertz CT molecular complexity index is 142. The summed E-state index contributed by atoms with van der Waals surface area (Å²) in [6.45, 7) is 3.15. The van der Waals surface area contributed by atoms with E-state index in [1.54, 1.807) is 13.6 Å². The number of nitrogens with one attached hydrogen (secondary N) is 1. The smallest absolute Gasteiger partial charge is 0.430 e. The quantitative estimate of drug-likeness (QED) is 0.300. The van der Waals surface area contributed by atoms with E-state index in [2.05, 4.69) is 10.1 Å². The molecule has 0 amide bonds.